The molecule has 1 aliphatic rings. The van der Waals surface area contributed by atoms with Crippen LogP contribution in [0.2, 0.25) is 0 Å². The Kier molecular flexibility index (Phi) is 4.56. The molecule has 1 aromatic heterocycles. The van der Waals surface area contributed by atoms with Gasteiger partial charge in [-0.25, -0.2) is 0 Å². The number of ketones is 1. The van der Waals surface area contributed by atoms with Gasteiger partial charge in [-0.15, -0.1) is 0 Å². The number of pyridine rings is 1. The first-order valence-corrected chi connectivity index (χ1v) is 7.22. The second-order valence-corrected chi connectivity index (χ2v) is 5.90. The molecule has 104 valence electrons. The minimum atomic E-state index is 0.0997. The van der Waals surface area contributed by atoms with Crippen molar-refractivity contribution in [3.63, 3.8) is 0 Å². The summed E-state index contributed by atoms with van der Waals surface area (Å²) in [5, 5.41) is 0. The zero-order valence-corrected chi connectivity index (χ0v) is 12.1. The number of aromatic nitrogens is 1. The van der Waals surface area contributed by atoms with Gasteiger partial charge in [-0.3, -0.25) is 9.78 Å². The highest BCUT2D eigenvalue weighted by Gasteiger charge is 2.25. The van der Waals surface area contributed by atoms with Crippen LogP contribution in [0.1, 0.15) is 56.8 Å². The summed E-state index contributed by atoms with van der Waals surface area (Å²) < 4.78 is 5.59. The molecule has 1 saturated carbocycles. The molecule has 0 aromatic carbocycles. The second-order valence-electron chi connectivity index (χ2n) is 5.90. The van der Waals surface area contributed by atoms with Gasteiger partial charge in [0.25, 0.3) is 0 Å². The van der Waals surface area contributed by atoms with Crippen molar-refractivity contribution in [2.24, 2.45) is 11.8 Å². The topological polar surface area (TPSA) is 39.2 Å². The van der Waals surface area contributed by atoms with Gasteiger partial charge in [0.1, 0.15) is 5.75 Å². The molecule has 0 atom stereocenters. The molecule has 3 nitrogen and oxygen atoms in total. The van der Waals surface area contributed by atoms with E-state index in [2.05, 4.69) is 11.9 Å². The van der Waals surface area contributed by atoms with Crippen molar-refractivity contribution in [1.29, 1.82) is 0 Å². The summed E-state index contributed by atoms with van der Waals surface area (Å²) in [5.41, 5.74) is 0.692. The summed E-state index contributed by atoms with van der Waals surface area (Å²) in [6.45, 7) is 6.20. The molecule has 0 aliphatic heterocycles. The Labute approximate surface area is 115 Å². The van der Waals surface area contributed by atoms with E-state index in [9.17, 15) is 4.79 Å². The minimum Gasteiger partial charge on any atom is -0.489 e. The van der Waals surface area contributed by atoms with Crippen LogP contribution >= 0.6 is 0 Å². The minimum absolute atomic E-state index is 0.0997. The Bertz CT molecular complexity index is 434. The first-order chi connectivity index (χ1) is 9.06. The van der Waals surface area contributed by atoms with Crippen molar-refractivity contribution < 1.29 is 9.53 Å². The molecular weight excluding hydrogens is 238 g/mol. The maximum absolute atomic E-state index is 12.4. The summed E-state index contributed by atoms with van der Waals surface area (Å²) in [4.78, 5) is 16.6. The van der Waals surface area contributed by atoms with E-state index in [1.165, 1.54) is 0 Å². The zero-order chi connectivity index (χ0) is 13.8. The van der Waals surface area contributed by atoms with Crippen LogP contribution < -0.4 is 4.74 Å². The monoisotopic (exact) mass is 261 g/mol. The SMILES string of the molecule is CC1CCC(C(=O)c2cncc(OC(C)C)c2)CC1. The third-order valence-corrected chi connectivity index (χ3v) is 3.76. The van der Waals surface area contributed by atoms with Crippen molar-refractivity contribution in [2.75, 3.05) is 0 Å². The fraction of sp³-hybridized carbons (Fsp3) is 0.625. The number of carbonyl (C=O) groups excluding carboxylic acids is 1. The van der Waals surface area contributed by atoms with E-state index in [4.69, 9.17) is 4.74 Å². The maximum Gasteiger partial charge on any atom is 0.167 e. The van der Waals surface area contributed by atoms with E-state index in [0.717, 1.165) is 31.6 Å². The van der Waals surface area contributed by atoms with E-state index in [0.29, 0.717) is 11.3 Å². The maximum atomic E-state index is 12.4. The van der Waals surface area contributed by atoms with Crippen molar-refractivity contribution in [3.05, 3.63) is 24.0 Å². The summed E-state index contributed by atoms with van der Waals surface area (Å²) in [5.74, 6) is 1.85. The van der Waals surface area contributed by atoms with Gasteiger partial charge in [0, 0.05) is 17.7 Å². The third-order valence-electron chi connectivity index (χ3n) is 3.76. The van der Waals surface area contributed by atoms with E-state index in [-0.39, 0.29) is 17.8 Å². The smallest absolute Gasteiger partial charge is 0.167 e. The lowest BCUT2D eigenvalue weighted by atomic mass is 9.79. The highest BCUT2D eigenvalue weighted by molar-refractivity contribution is 5.97. The fourth-order valence-electron chi connectivity index (χ4n) is 2.65. The molecule has 0 N–H and O–H groups in total. The van der Waals surface area contributed by atoms with Crippen LogP contribution in [0, 0.1) is 11.8 Å². The van der Waals surface area contributed by atoms with Crippen LogP contribution in [-0.2, 0) is 0 Å². The molecule has 1 heterocycles. The average Bonchev–Trinajstić information content (AvgIpc) is 2.38. The molecule has 1 aliphatic carbocycles. The van der Waals surface area contributed by atoms with Gasteiger partial charge < -0.3 is 4.74 Å². The molecule has 0 radical (unpaired) electrons. The first kappa shape index (κ1) is 14.0. The van der Waals surface area contributed by atoms with Gasteiger partial charge in [-0.2, -0.15) is 0 Å². The van der Waals surface area contributed by atoms with Crippen molar-refractivity contribution in [2.45, 2.75) is 52.6 Å². The number of carbonyl (C=O) groups is 1. The Morgan fingerprint density at radius 1 is 1.26 bits per heavy atom. The molecule has 0 amide bonds. The van der Waals surface area contributed by atoms with E-state index in [1.54, 1.807) is 12.4 Å². The van der Waals surface area contributed by atoms with Gasteiger partial charge in [-0.1, -0.05) is 19.8 Å². The predicted molar refractivity (Wildman–Crippen MR) is 75.5 cm³/mol. The van der Waals surface area contributed by atoms with Crippen LogP contribution in [-0.4, -0.2) is 16.9 Å². The molecule has 2 rings (SSSR count). The summed E-state index contributed by atoms with van der Waals surface area (Å²) in [7, 11) is 0. The molecule has 1 aromatic rings. The van der Waals surface area contributed by atoms with Gasteiger partial charge >= 0.3 is 0 Å². The summed E-state index contributed by atoms with van der Waals surface area (Å²) in [6, 6.07) is 1.83. The molecule has 3 heteroatoms. The van der Waals surface area contributed by atoms with Gasteiger partial charge in [0.15, 0.2) is 5.78 Å². The van der Waals surface area contributed by atoms with Gasteiger partial charge in [0.05, 0.1) is 12.3 Å². The molecule has 0 spiro atoms. The van der Waals surface area contributed by atoms with Crippen LogP contribution in [0.15, 0.2) is 18.5 Å². The molecule has 1 fully saturated rings. The molecular formula is C16H23NO2. The van der Waals surface area contributed by atoms with Crippen molar-refractivity contribution >= 4 is 5.78 Å². The van der Waals surface area contributed by atoms with E-state index >= 15 is 0 Å². The number of nitrogens with zero attached hydrogens (tertiary/aromatic N) is 1. The first-order valence-electron chi connectivity index (χ1n) is 7.22. The lowest BCUT2D eigenvalue weighted by Crippen LogP contribution is -2.21. The number of rotatable bonds is 4. The van der Waals surface area contributed by atoms with Crippen LogP contribution in [0.4, 0.5) is 0 Å². The average molecular weight is 261 g/mol. The Morgan fingerprint density at radius 2 is 1.95 bits per heavy atom. The third kappa shape index (κ3) is 3.79. The van der Waals surface area contributed by atoms with Gasteiger partial charge in [0.2, 0.25) is 0 Å². The van der Waals surface area contributed by atoms with E-state index < -0.39 is 0 Å². The largest absolute Gasteiger partial charge is 0.489 e. The zero-order valence-electron chi connectivity index (χ0n) is 12.1. The lowest BCUT2D eigenvalue weighted by Gasteiger charge is -2.25. The number of ether oxygens (including phenoxy) is 1. The molecule has 0 unspecified atom stereocenters. The number of hydrogen-bond donors (Lipinski definition) is 0. The van der Waals surface area contributed by atoms with Crippen molar-refractivity contribution in [1.82, 2.24) is 4.98 Å². The fourth-order valence-corrected chi connectivity index (χ4v) is 2.65. The Morgan fingerprint density at radius 3 is 2.58 bits per heavy atom. The summed E-state index contributed by atoms with van der Waals surface area (Å²) >= 11 is 0. The van der Waals surface area contributed by atoms with Crippen LogP contribution in [0.3, 0.4) is 0 Å². The molecule has 19 heavy (non-hydrogen) atoms. The molecule has 0 bridgehead atoms. The van der Waals surface area contributed by atoms with Crippen molar-refractivity contribution in [3.8, 4) is 5.75 Å². The Balaban J connectivity index is 2.06. The number of hydrogen-bond acceptors (Lipinski definition) is 3. The summed E-state index contributed by atoms with van der Waals surface area (Å²) in [6.07, 6.45) is 7.76. The van der Waals surface area contributed by atoms with Crippen LogP contribution in [0.25, 0.3) is 0 Å². The Hall–Kier alpha value is -1.38. The standard InChI is InChI=1S/C16H23NO2/c1-11(2)19-15-8-14(9-17-10-15)16(18)13-6-4-12(3)5-7-13/h8-13H,4-7H2,1-3H3. The van der Waals surface area contributed by atoms with Gasteiger partial charge in [-0.05, 0) is 38.7 Å². The van der Waals surface area contributed by atoms with E-state index in [1.807, 2.05) is 19.9 Å². The predicted octanol–water partition coefficient (Wildman–Crippen LogP) is 3.88. The normalized spacial score (nSPS) is 23.4. The second kappa shape index (κ2) is 6.18. The quantitative estimate of drug-likeness (QED) is 0.772. The highest BCUT2D eigenvalue weighted by atomic mass is 16.5. The lowest BCUT2D eigenvalue weighted by molar-refractivity contribution is 0.0874. The molecule has 0 saturated heterocycles. The highest BCUT2D eigenvalue weighted by Crippen LogP contribution is 2.31. The van der Waals surface area contributed by atoms with Crippen LogP contribution in [0.5, 0.6) is 5.75 Å². The number of Topliss-reactive ketones (excluding diaryl/α,β-unsaturated/α-hetero) is 1.